The maximum Gasteiger partial charge on any atom is 0.311 e. The highest BCUT2D eigenvalue weighted by molar-refractivity contribution is 5.88. The highest BCUT2D eigenvalue weighted by Gasteiger charge is 2.52. The molecule has 0 spiro atoms. The Morgan fingerprint density at radius 2 is 1.55 bits per heavy atom. The van der Waals surface area contributed by atoms with E-state index < -0.39 is 102 Å². The molecule has 51 heavy (non-hydrogen) atoms. The average Bonchev–Trinajstić information content (AvgIpc) is 3.06. The van der Waals surface area contributed by atoms with E-state index in [1.54, 1.807) is 48.5 Å². The first-order chi connectivity index (χ1) is 23.6. The minimum Gasteiger partial charge on any atom is -0.462 e. The van der Waals surface area contributed by atoms with Gasteiger partial charge in [-0.2, -0.15) is 0 Å². The van der Waals surface area contributed by atoms with E-state index in [9.17, 15) is 30.4 Å². The van der Waals surface area contributed by atoms with Gasteiger partial charge in [-0.1, -0.05) is 39.8 Å². The molecule has 0 amide bonds. The van der Waals surface area contributed by atoms with Gasteiger partial charge in [-0.05, 0) is 68.0 Å². The molecule has 3 aliphatic rings. The molecule has 14 nitrogen and oxygen atoms in total. The third-order valence-electron chi connectivity index (χ3n) is 11.9. The summed E-state index contributed by atoms with van der Waals surface area (Å²) in [5.41, 5.74) is -2.43. The van der Waals surface area contributed by atoms with Crippen LogP contribution < -0.4 is 0 Å². The van der Waals surface area contributed by atoms with Crippen molar-refractivity contribution in [3.8, 4) is 0 Å². The predicted molar refractivity (Wildman–Crippen MR) is 189 cm³/mol. The Morgan fingerprint density at radius 1 is 0.922 bits per heavy atom. The second-order valence-electron chi connectivity index (χ2n) is 16.3. The number of oxime groups is 1. The quantitative estimate of drug-likeness (QED) is 0.146. The minimum atomic E-state index is -1.69. The molecule has 298 valence electrons. The molecule has 14 heteroatoms. The smallest absolute Gasteiger partial charge is 0.311 e. The van der Waals surface area contributed by atoms with E-state index in [2.05, 4.69) is 5.16 Å². The number of carbonyl (C=O) groups excluding carboxylic acids is 1. The van der Waals surface area contributed by atoms with Crippen molar-refractivity contribution in [1.82, 2.24) is 4.90 Å². The molecule has 18 atom stereocenters. The molecule has 0 bridgehead atoms. The van der Waals surface area contributed by atoms with Crippen molar-refractivity contribution < 1.29 is 58.8 Å². The molecule has 0 radical (unpaired) electrons. The predicted octanol–water partition coefficient (Wildman–Crippen LogP) is 2.93. The molecular weight excluding hydrogens is 664 g/mol. The second kappa shape index (κ2) is 17.8. The van der Waals surface area contributed by atoms with Gasteiger partial charge in [0.2, 0.25) is 0 Å². The summed E-state index contributed by atoms with van der Waals surface area (Å²) in [5.74, 6) is -3.99. The molecule has 0 aromatic heterocycles. The topological polar surface area (TPSA) is 189 Å². The van der Waals surface area contributed by atoms with Crippen molar-refractivity contribution in [3.05, 3.63) is 0 Å². The summed E-state index contributed by atoms with van der Waals surface area (Å²) in [6.45, 7) is 17.7. The van der Waals surface area contributed by atoms with E-state index in [1.165, 1.54) is 7.11 Å². The number of rotatable bonds is 7. The summed E-state index contributed by atoms with van der Waals surface area (Å²) in [5, 5.41) is 60.2. The standard InChI is InChI=1S/C37H68N2O12/c1-14-26-20(4)29(40)21(5)28(38-45)18(2)16-36(9,44)33(51-35-30(41)25(39(11)12)15-19(3)47-35)22(6)31(23(7)34(43)49-26)50-27-17-37(10,46-13)32(42)24(8)48-27/h18-27,29-33,35,40-42,44-45H,14-17H2,1-13H3/b38-28+/t18-,19-,20+,21+,22+,23-,24+,25+,26-,27+,29+,30-,31+,32+,33-,35+,36-,37-/m1/s1. The summed E-state index contributed by atoms with van der Waals surface area (Å²) in [6.07, 6.45) is -7.72. The Hall–Kier alpha value is -1.46. The molecule has 3 aliphatic heterocycles. The van der Waals surface area contributed by atoms with Crippen molar-refractivity contribution in [2.75, 3.05) is 21.2 Å². The fourth-order valence-corrected chi connectivity index (χ4v) is 8.56. The average molecular weight is 733 g/mol. The molecule has 3 fully saturated rings. The number of aliphatic hydroxyl groups is 4. The van der Waals surface area contributed by atoms with Crippen LogP contribution >= 0.6 is 0 Å². The number of esters is 1. The van der Waals surface area contributed by atoms with Gasteiger partial charge in [0.05, 0.1) is 53.4 Å². The van der Waals surface area contributed by atoms with E-state index in [0.717, 1.165) is 0 Å². The van der Waals surface area contributed by atoms with E-state index in [-0.39, 0.29) is 30.7 Å². The van der Waals surface area contributed by atoms with Gasteiger partial charge in [-0.3, -0.25) is 4.79 Å². The fourth-order valence-electron chi connectivity index (χ4n) is 8.56. The van der Waals surface area contributed by atoms with Gasteiger partial charge in [0, 0.05) is 43.2 Å². The van der Waals surface area contributed by atoms with Crippen LogP contribution in [0.4, 0.5) is 0 Å². The normalized spacial score (nSPS) is 49.1. The van der Waals surface area contributed by atoms with Crippen LogP contribution in [0.3, 0.4) is 0 Å². The number of aliphatic hydroxyl groups excluding tert-OH is 3. The van der Waals surface area contributed by atoms with Crippen molar-refractivity contribution in [3.63, 3.8) is 0 Å². The highest BCUT2D eigenvalue weighted by atomic mass is 16.7. The van der Waals surface area contributed by atoms with Gasteiger partial charge in [0.25, 0.3) is 0 Å². The molecule has 3 rings (SSSR count). The number of hydrogen-bond donors (Lipinski definition) is 5. The lowest BCUT2D eigenvalue weighted by atomic mass is 9.74. The molecule has 0 saturated carbocycles. The highest BCUT2D eigenvalue weighted by Crippen LogP contribution is 2.40. The molecule has 5 N–H and O–H groups in total. The molecule has 3 saturated heterocycles. The van der Waals surface area contributed by atoms with Crippen molar-refractivity contribution in [2.45, 2.75) is 174 Å². The molecule has 0 aromatic carbocycles. The van der Waals surface area contributed by atoms with E-state index in [0.29, 0.717) is 12.8 Å². The van der Waals surface area contributed by atoms with Gasteiger partial charge in [0.1, 0.15) is 18.3 Å². The van der Waals surface area contributed by atoms with Gasteiger partial charge >= 0.3 is 5.97 Å². The molecule has 0 unspecified atom stereocenters. The first-order valence-electron chi connectivity index (χ1n) is 18.7. The molecule has 0 aliphatic carbocycles. The van der Waals surface area contributed by atoms with Crippen molar-refractivity contribution in [2.24, 2.45) is 34.7 Å². The first kappa shape index (κ1) is 43.9. The number of methoxy groups -OCH3 is 1. The third kappa shape index (κ3) is 9.81. The molecular formula is C37H68N2O12. The van der Waals surface area contributed by atoms with Crippen LogP contribution in [0.2, 0.25) is 0 Å². The summed E-state index contributed by atoms with van der Waals surface area (Å²) < 4.78 is 37.5. The van der Waals surface area contributed by atoms with E-state index in [4.69, 9.17) is 28.4 Å². The lowest BCUT2D eigenvalue weighted by molar-refractivity contribution is -0.317. The summed E-state index contributed by atoms with van der Waals surface area (Å²) in [4.78, 5) is 16.0. The van der Waals surface area contributed by atoms with Crippen LogP contribution in [0.15, 0.2) is 5.16 Å². The Labute approximate surface area is 304 Å². The fraction of sp³-hybridized carbons (Fsp3) is 0.946. The zero-order valence-corrected chi connectivity index (χ0v) is 33.1. The second-order valence-corrected chi connectivity index (χ2v) is 16.3. The van der Waals surface area contributed by atoms with Crippen LogP contribution in [0, 0.1) is 29.6 Å². The minimum absolute atomic E-state index is 0.0238. The third-order valence-corrected chi connectivity index (χ3v) is 11.9. The Kier molecular flexibility index (Phi) is 15.3. The number of carbonyl (C=O) groups is 1. The van der Waals surface area contributed by atoms with Crippen LogP contribution in [0.25, 0.3) is 0 Å². The SMILES string of the molecule is CC[C@H]1OC(=O)[C@H](C)[C@@H](O[C@H]2C[C@@](C)(OC)[C@@H](O)[C@H](C)O2)[C@H](C)[C@@H](O[C@@H]2O[C@H](C)C[C@H](N(C)C)[C@H]2O)[C@](C)(O)C[C@@H](C)/C(=N\O)[C@H](C)[C@@H](O)[C@H]1C. The maximum atomic E-state index is 14.1. The summed E-state index contributed by atoms with van der Waals surface area (Å²) in [7, 11) is 5.25. The largest absolute Gasteiger partial charge is 0.462 e. The van der Waals surface area contributed by atoms with Crippen LogP contribution in [0.1, 0.15) is 94.9 Å². The summed E-state index contributed by atoms with van der Waals surface area (Å²) >= 11 is 0. The number of cyclic esters (lactones) is 1. The Balaban J connectivity index is 2.18. The molecule has 0 aromatic rings. The van der Waals surface area contributed by atoms with Gasteiger partial charge in [0.15, 0.2) is 12.6 Å². The zero-order chi connectivity index (χ0) is 38.7. The van der Waals surface area contributed by atoms with Crippen LogP contribution in [-0.2, 0) is 33.2 Å². The van der Waals surface area contributed by atoms with Crippen LogP contribution in [-0.4, -0.2) is 142 Å². The number of ether oxygens (including phenoxy) is 6. The first-order valence-corrected chi connectivity index (χ1v) is 18.7. The maximum absolute atomic E-state index is 14.1. The number of hydrogen-bond acceptors (Lipinski definition) is 14. The van der Waals surface area contributed by atoms with Gasteiger partial charge in [-0.15, -0.1) is 0 Å². The number of nitrogens with zero attached hydrogens (tertiary/aromatic N) is 2. The Bertz CT molecular complexity index is 1160. The van der Waals surface area contributed by atoms with E-state index in [1.807, 2.05) is 39.8 Å². The lowest BCUT2D eigenvalue weighted by Gasteiger charge is -2.49. The van der Waals surface area contributed by atoms with Crippen LogP contribution in [0.5, 0.6) is 0 Å². The van der Waals surface area contributed by atoms with E-state index >= 15 is 0 Å². The van der Waals surface area contributed by atoms with Crippen molar-refractivity contribution in [1.29, 1.82) is 0 Å². The van der Waals surface area contributed by atoms with Gasteiger partial charge < -0.3 is 59.0 Å². The zero-order valence-electron chi connectivity index (χ0n) is 33.1. The number of likely N-dealkylation sites (N-methyl/N-ethyl adjacent to an activating group) is 1. The monoisotopic (exact) mass is 732 g/mol. The summed E-state index contributed by atoms with van der Waals surface area (Å²) in [6, 6.07) is -0.295. The van der Waals surface area contributed by atoms with Gasteiger partial charge in [-0.25, -0.2) is 0 Å². The van der Waals surface area contributed by atoms with Crippen molar-refractivity contribution >= 4 is 11.7 Å². The molecule has 3 heterocycles. The Morgan fingerprint density at radius 3 is 2.10 bits per heavy atom. The lowest BCUT2D eigenvalue weighted by Crippen LogP contribution is -2.60.